The molecule has 2 aromatic heterocycles. The van der Waals surface area contributed by atoms with Gasteiger partial charge in [0.2, 0.25) is 0 Å². The molecule has 0 bridgehead atoms. The number of nitrogens with zero attached hydrogens (tertiary/aromatic N) is 5. The third-order valence-corrected chi connectivity index (χ3v) is 5.63. The second kappa shape index (κ2) is 7.72. The number of aromatic nitrogens is 3. The van der Waals surface area contributed by atoms with Crippen LogP contribution in [0.2, 0.25) is 0 Å². The van der Waals surface area contributed by atoms with Crippen molar-refractivity contribution in [2.45, 2.75) is 51.1 Å². The molecule has 7 heteroatoms. The number of hydrogen-bond donors (Lipinski definition) is 1. The van der Waals surface area contributed by atoms with E-state index >= 15 is 0 Å². The minimum atomic E-state index is 0.241. The highest BCUT2D eigenvalue weighted by molar-refractivity contribution is 5.54. The lowest BCUT2D eigenvalue weighted by molar-refractivity contribution is 0.0982. The van der Waals surface area contributed by atoms with Gasteiger partial charge >= 0.3 is 0 Å². The number of aryl methyl sites for hydroxylation is 1. The molecular formula is C19H27N5O2. The highest BCUT2D eigenvalue weighted by Crippen LogP contribution is 2.29. The Hall–Kier alpha value is -1.99. The quantitative estimate of drug-likeness (QED) is 0.879. The van der Waals surface area contributed by atoms with Crippen molar-refractivity contribution in [1.82, 2.24) is 20.0 Å². The number of pyridine rings is 1. The lowest BCUT2D eigenvalue weighted by Crippen LogP contribution is -2.56. The molecule has 1 saturated carbocycles. The number of aliphatic hydroxyl groups is 1. The Morgan fingerprint density at radius 1 is 1.23 bits per heavy atom. The summed E-state index contributed by atoms with van der Waals surface area (Å²) in [5.74, 6) is 2.10. The summed E-state index contributed by atoms with van der Waals surface area (Å²) >= 11 is 0. The van der Waals surface area contributed by atoms with E-state index in [1.807, 2.05) is 12.1 Å². The molecule has 1 unspecified atom stereocenters. The van der Waals surface area contributed by atoms with Gasteiger partial charge in [0, 0.05) is 44.5 Å². The first-order valence-corrected chi connectivity index (χ1v) is 9.63. The fraction of sp³-hybridized carbons (Fsp3) is 0.632. The molecule has 0 spiro atoms. The van der Waals surface area contributed by atoms with Crippen molar-refractivity contribution in [3.63, 3.8) is 0 Å². The molecular weight excluding hydrogens is 330 g/mol. The van der Waals surface area contributed by atoms with Gasteiger partial charge in [0.25, 0.3) is 5.89 Å². The van der Waals surface area contributed by atoms with Crippen molar-refractivity contribution in [3.05, 3.63) is 24.2 Å². The largest absolute Gasteiger partial charge is 0.396 e. The molecule has 1 saturated heterocycles. The molecule has 2 aliphatic rings. The predicted octanol–water partition coefficient (Wildman–Crippen LogP) is 2.26. The van der Waals surface area contributed by atoms with Crippen molar-refractivity contribution < 1.29 is 9.63 Å². The van der Waals surface area contributed by atoms with Crippen LogP contribution in [0.5, 0.6) is 0 Å². The molecule has 2 fully saturated rings. The topological polar surface area (TPSA) is 78.5 Å². The number of hydrogen-bond acceptors (Lipinski definition) is 7. The summed E-state index contributed by atoms with van der Waals surface area (Å²) in [5, 5.41) is 13.3. The van der Waals surface area contributed by atoms with Gasteiger partial charge in [-0.2, -0.15) is 4.98 Å². The monoisotopic (exact) mass is 357 g/mol. The van der Waals surface area contributed by atoms with Crippen LogP contribution in [0.15, 0.2) is 22.9 Å². The lowest BCUT2D eigenvalue weighted by Gasteiger charge is -2.44. The van der Waals surface area contributed by atoms with Crippen LogP contribution in [-0.4, -0.2) is 63.5 Å². The third-order valence-electron chi connectivity index (χ3n) is 5.63. The zero-order valence-electron chi connectivity index (χ0n) is 15.3. The molecule has 1 aliphatic carbocycles. The molecule has 0 radical (unpaired) electrons. The highest BCUT2D eigenvalue weighted by Gasteiger charge is 2.33. The van der Waals surface area contributed by atoms with E-state index in [9.17, 15) is 5.11 Å². The first-order chi connectivity index (χ1) is 12.7. The van der Waals surface area contributed by atoms with Crippen LogP contribution in [0.1, 0.15) is 37.9 Å². The molecule has 1 aliphatic heterocycles. The maximum atomic E-state index is 9.52. The molecule has 1 N–H and O–H groups in total. The van der Waals surface area contributed by atoms with Crippen LogP contribution in [0, 0.1) is 6.92 Å². The molecule has 2 aromatic rings. The lowest BCUT2D eigenvalue weighted by atomic mass is 10.0. The van der Waals surface area contributed by atoms with Crippen molar-refractivity contribution in [2.75, 3.05) is 31.1 Å². The fourth-order valence-corrected chi connectivity index (χ4v) is 4.31. The van der Waals surface area contributed by atoms with Gasteiger partial charge in [-0.05, 0) is 38.3 Å². The maximum absolute atomic E-state index is 9.52. The van der Waals surface area contributed by atoms with Gasteiger partial charge < -0.3 is 14.5 Å². The molecule has 1 atom stereocenters. The van der Waals surface area contributed by atoms with Crippen molar-refractivity contribution in [3.8, 4) is 11.5 Å². The van der Waals surface area contributed by atoms with E-state index in [1.54, 1.807) is 13.1 Å². The van der Waals surface area contributed by atoms with E-state index in [1.165, 1.54) is 25.7 Å². The van der Waals surface area contributed by atoms with E-state index < -0.39 is 0 Å². The fourth-order valence-electron chi connectivity index (χ4n) is 4.31. The molecule has 3 heterocycles. The SMILES string of the molecule is Cc1noc(-c2ccc(N3CCN(C4CCCC4)C(CCO)C3)nc2)n1. The zero-order chi connectivity index (χ0) is 17.9. The van der Waals surface area contributed by atoms with E-state index in [-0.39, 0.29) is 6.61 Å². The first-order valence-electron chi connectivity index (χ1n) is 9.63. The molecule has 140 valence electrons. The van der Waals surface area contributed by atoms with Gasteiger partial charge in [0.1, 0.15) is 5.82 Å². The van der Waals surface area contributed by atoms with E-state index in [0.717, 1.165) is 37.4 Å². The van der Waals surface area contributed by atoms with Gasteiger partial charge in [-0.25, -0.2) is 4.98 Å². The maximum Gasteiger partial charge on any atom is 0.259 e. The number of rotatable bonds is 5. The summed E-state index contributed by atoms with van der Waals surface area (Å²) in [6.07, 6.45) is 7.92. The predicted molar refractivity (Wildman–Crippen MR) is 98.9 cm³/mol. The average Bonchev–Trinajstić information content (AvgIpc) is 3.34. The van der Waals surface area contributed by atoms with Gasteiger partial charge in [-0.15, -0.1) is 0 Å². The van der Waals surface area contributed by atoms with E-state index in [2.05, 4.69) is 24.9 Å². The minimum Gasteiger partial charge on any atom is -0.396 e. The normalized spacial score (nSPS) is 22.2. The summed E-state index contributed by atoms with van der Waals surface area (Å²) in [6.45, 7) is 4.99. The summed E-state index contributed by atoms with van der Waals surface area (Å²) in [5.41, 5.74) is 0.839. The summed E-state index contributed by atoms with van der Waals surface area (Å²) in [6, 6.07) is 5.11. The Bertz CT molecular complexity index is 711. The molecule has 4 rings (SSSR count). The second-order valence-corrected chi connectivity index (χ2v) is 7.34. The Morgan fingerprint density at radius 3 is 2.73 bits per heavy atom. The van der Waals surface area contributed by atoms with Gasteiger partial charge in [-0.3, -0.25) is 4.90 Å². The standard InChI is InChI=1S/C19H27N5O2/c1-14-21-19(26-22-14)15-6-7-18(20-12-15)23-9-10-24(16-4-2-3-5-16)17(13-23)8-11-25/h6-7,12,16-17,25H,2-5,8-11,13H2,1H3. The Labute approximate surface area is 154 Å². The molecule has 26 heavy (non-hydrogen) atoms. The Kier molecular flexibility index (Phi) is 5.17. The Morgan fingerprint density at radius 2 is 2.08 bits per heavy atom. The molecule has 0 aromatic carbocycles. The van der Waals surface area contributed by atoms with Crippen LogP contribution in [0.25, 0.3) is 11.5 Å². The van der Waals surface area contributed by atoms with Gasteiger partial charge in [0.05, 0.1) is 5.56 Å². The zero-order valence-corrected chi connectivity index (χ0v) is 15.3. The smallest absolute Gasteiger partial charge is 0.259 e. The van der Waals surface area contributed by atoms with Crippen LogP contribution >= 0.6 is 0 Å². The summed E-state index contributed by atoms with van der Waals surface area (Å²) in [4.78, 5) is 13.8. The number of piperazine rings is 1. The van der Waals surface area contributed by atoms with E-state index in [0.29, 0.717) is 23.8 Å². The van der Waals surface area contributed by atoms with Crippen molar-refractivity contribution >= 4 is 5.82 Å². The van der Waals surface area contributed by atoms with Crippen molar-refractivity contribution in [1.29, 1.82) is 0 Å². The summed E-state index contributed by atoms with van der Waals surface area (Å²) in [7, 11) is 0. The van der Waals surface area contributed by atoms with Crippen molar-refractivity contribution in [2.24, 2.45) is 0 Å². The molecule has 0 amide bonds. The van der Waals surface area contributed by atoms with Crippen LogP contribution in [-0.2, 0) is 0 Å². The number of anilines is 1. The van der Waals surface area contributed by atoms with Crippen LogP contribution in [0.4, 0.5) is 5.82 Å². The van der Waals surface area contributed by atoms with Crippen LogP contribution < -0.4 is 4.90 Å². The molecule has 7 nitrogen and oxygen atoms in total. The number of aliphatic hydroxyl groups excluding tert-OH is 1. The average molecular weight is 357 g/mol. The minimum absolute atomic E-state index is 0.241. The Balaban J connectivity index is 1.46. The van der Waals surface area contributed by atoms with Gasteiger partial charge in [-0.1, -0.05) is 18.0 Å². The highest BCUT2D eigenvalue weighted by atomic mass is 16.5. The second-order valence-electron chi connectivity index (χ2n) is 7.34. The van der Waals surface area contributed by atoms with Crippen LogP contribution in [0.3, 0.4) is 0 Å². The van der Waals surface area contributed by atoms with Gasteiger partial charge in [0.15, 0.2) is 5.82 Å². The summed E-state index contributed by atoms with van der Waals surface area (Å²) < 4.78 is 5.21. The first kappa shape index (κ1) is 17.4. The van der Waals surface area contributed by atoms with E-state index in [4.69, 9.17) is 4.52 Å². The third kappa shape index (κ3) is 3.59.